The molecule has 3 rings (SSSR count). The van der Waals surface area contributed by atoms with Gasteiger partial charge in [-0.15, -0.1) is 0 Å². The fourth-order valence-electron chi connectivity index (χ4n) is 3.31. The molecule has 28 heavy (non-hydrogen) atoms. The SMILES string of the molecule is CCOc1cc(C(=O)NC(c2ccccc2)C2CC2)cc(OCC)c1OCC. The van der Waals surface area contributed by atoms with Gasteiger partial charge < -0.3 is 19.5 Å². The van der Waals surface area contributed by atoms with Crippen molar-refractivity contribution in [3.05, 3.63) is 53.6 Å². The highest BCUT2D eigenvalue weighted by Gasteiger charge is 2.33. The third-order valence-corrected chi connectivity index (χ3v) is 4.71. The van der Waals surface area contributed by atoms with Crippen molar-refractivity contribution >= 4 is 5.91 Å². The van der Waals surface area contributed by atoms with E-state index in [4.69, 9.17) is 14.2 Å². The number of rotatable bonds is 10. The Labute approximate surface area is 167 Å². The summed E-state index contributed by atoms with van der Waals surface area (Å²) in [7, 11) is 0. The Balaban J connectivity index is 1.89. The molecule has 0 aliphatic heterocycles. The van der Waals surface area contributed by atoms with Gasteiger partial charge in [0.05, 0.1) is 25.9 Å². The summed E-state index contributed by atoms with van der Waals surface area (Å²) in [6.07, 6.45) is 2.27. The molecule has 1 saturated carbocycles. The van der Waals surface area contributed by atoms with Gasteiger partial charge in [0, 0.05) is 5.56 Å². The van der Waals surface area contributed by atoms with Gasteiger partial charge in [-0.25, -0.2) is 0 Å². The van der Waals surface area contributed by atoms with Crippen LogP contribution in [0.5, 0.6) is 17.2 Å². The van der Waals surface area contributed by atoms with Crippen LogP contribution >= 0.6 is 0 Å². The Kier molecular flexibility index (Phi) is 6.80. The van der Waals surface area contributed by atoms with Crippen LogP contribution in [0, 0.1) is 5.92 Å². The number of carbonyl (C=O) groups is 1. The van der Waals surface area contributed by atoms with Gasteiger partial charge in [0.2, 0.25) is 5.75 Å². The van der Waals surface area contributed by atoms with Crippen molar-refractivity contribution < 1.29 is 19.0 Å². The second-order valence-corrected chi connectivity index (χ2v) is 6.80. The van der Waals surface area contributed by atoms with Gasteiger partial charge in [-0.1, -0.05) is 30.3 Å². The van der Waals surface area contributed by atoms with Crippen molar-refractivity contribution in [1.29, 1.82) is 0 Å². The maximum atomic E-state index is 13.1. The Morgan fingerprint density at radius 3 is 2.04 bits per heavy atom. The number of benzene rings is 2. The van der Waals surface area contributed by atoms with Crippen molar-refractivity contribution in [2.75, 3.05) is 19.8 Å². The molecule has 1 N–H and O–H groups in total. The van der Waals surface area contributed by atoms with Crippen LogP contribution < -0.4 is 19.5 Å². The molecule has 0 spiro atoms. The first-order valence-corrected chi connectivity index (χ1v) is 10.1. The van der Waals surface area contributed by atoms with E-state index in [1.54, 1.807) is 12.1 Å². The number of amides is 1. The molecule has 1 amide bonds. The number of hydrogen-bond donors (Lipinski definition) is 1. The third kappa shape index (κ3) is 4.77. The van der Waals surface area contributed by atoms with Crippen molar-refractivity contribution in [3.8, 4) is 17.2 Å². The van der Waals surface area contributed by atoms with Crippen LogP contribution in [-0.4, -0.2) is 25.7 Å². The topological polar surface area (TPSA) is 56.8 Å². The van der Waals surface area contributed by atoms with Crippen LogP contribution in [0.1, 0.15) is 55.6 Å². The number of hydrogen-bond acceptors (Lipinski definition) is 4. The minimum Gasteiger partial charge on any atom is -0.490 e. The van der Waals surface area contributed by atoms with Gasteiger partial charge in [0.15, 0.2) is 11.5 Å². The predicted octanol–water partition coefficient (Wildman–Crippen LogP) is 4.76. The average molecular weight is 383 g/mol. The first-order chi connectivity index (χ1) is 13.7. The van der Waals surface area contributed by atoms with Crippen molar-refractivity contribution in [2.45, 2.75) is 39.7 Å². The smallest absolute Gasteiger partial charge is 0.252 e. The molecule has 1 aliphatic rings. The number of nitrogens with one attached hydrogen (secondary N) is 1. The van der Waals surface area contributed by atoms with E-state index in [-0.39, 0.29) is 11.9 Å². The number of carbonyl (C=O) groups excluding carboxylic acids is 1. The van der Waals surface area contributed by atoms with Gasteiger partial charge in [0.25, 0.3) is 5.91 Å². The minimum absolute atomic E-state index is 0.0198. The summed E-state index contributed by atoms with van der Waals surface area (Å²) in [5, 5.41) is 3.21. The van der Waals surface area contributed by atoms with E-state index in [2.05, 4.69) is 17.4 Å². The molecule has 150 valence electrons. The van der Waals surface area contributed by atoms with Crippen LogP contribution in [0.25, 0.3) is 0 Å². The second kappa shape index (κ2) is 9.49. The lowest BCUT2D eigenvalue weighted by Gasteiger charge is -2.20. The zero-order valence-corrected chi connectivity index (χ0v) is 16.9. The van der Waals surface area contributed by atoms with Crippen LogP contribution in [0.4, 0.5) is 0 Å². The summed E-state index contributed by atoms with van der Waals surface area (Å²) in [4.78, 5) is 13.1. The van der Waals surface area contributed by atoms with E-state index in [0.29, 0.717) is 48.6 Å². The van der Waals surface area contributed by atoms with Gasteiger partial charge in [-0.05, 0) is 57.2 Å². The molecule has 5 heteroatoms. The lowest BCUT2D eigenvalue weighted by molar-refractivity contribution is 0.0930. The van der Waals surface area contributed by atoms with Gasteiger partial charge in [0.1, 0.15) is 0 Å². The minimum atomic E-state index is -0.134. The van der Waals surface area contributed by atoms with E-state index in [1.165, 1.54) is 0 Å². The Bertz CT molecular complexity index is 759. The van der Waals surface area contributed by atoms with E-state index in [0.717, 1.165) is 18.4 Å². The Hall–Kier alpha value is -2.69. The highest BCUT2D eigenvalue weighted by atomic mass is 16.5. The van der Waals surface area contributed by atoms with E-state index < -0.39 is 0 Å². The summed E-state index contributed by atoms with van der Waals surface area (Å²) in [5.41, 5.74) is 1.65. The second-order valence-electron chi connectivity index (χ2n) is 6.80. The third-order valence-electron chi connectivity index (χ3n) is 4.71. The molecule has 1 fully saturated rings. The van der Waals surface area contributed by atoms with Crippen molar-refractivity contribution in [2.24, 2.45) is 5.92 Å². The summed E-state index contributed by atoms with van der Waals surface area (Å²) < 4.78 is 17.2. The van der Waals surface area contributed by atoms with Crippen LogP contribution in [0.2, 0.25) is 0 Å². The van der Waals surface area contributed by atoms with Crippen LogP contribution in [0.15, 0.2) is 42.5 Å². The molecule has 1 aliphatic carbocycles. The standard InChI is InChI=1S/C23H29NO4/c1-4-26-19-14-18(15-20(27-5-2)22(19)28-6-3)23(25)24-21(17-12-13-17)16-10-8-7-9-11-16/h7-11,14-15,17,21H,4-6,12-13H2,1-3H3,(H,24,25). The lowest BCUT2D eigenvalue weighted by atomic mass is 10.0. The zero-order chi connectivity index (χ0) is 19.9. The van der Waals surface area contributed by atoms with Crippen LogP contribution in [0.3, 0.4) is 0 Å². The molecule has 2 aromatic rings. The largest absolute Gasteiger partial charge is 0.490 e. The molecule has 2 aromatic carbocycles. The van der Waals surface area contributed by atoms with Gasteiger partial charge in [-0.2, -0.15) is 0 Å². The normalized spacial score (nSPS) is 14.2. The maximum Gasteiger partial charge on any atom is 0.252 e. The zero-order valence-electron chi connectivity index (χ0n) is 16.9. The highest BCUT2D eigenvalue weighted by Crippen LogP contribution is 2.42. The number of ether oxygens (including phenoxy) is 3. The summed E-state index contributed by atoms with van der Waals surface area (Å²) in [5.74, 6) is 1.97. The molecule has 0 aromatic heterocycles. The quantitative estimate of drug-likeness (QED) is 0.642. The summed E-state index contributed by atoms with van der Waals surface area (Å²) in [6, 6.07) is 13.6. The van der Waals surface area contributed by atoms with Crippen molar-refractivity contribution in [3.63, 3.8) is 0 Å². The molecule has 1 unspecified atom stereocenters. The molecular weight excluding hydrogens is 354 g/mol. The molecule has 0 saturated heterocycles. The molecule has 0 bridgehead atoms. The Morgan fingerprint density at radius 2 is 1.54 bits per heavy atom. The average Bonchev–Trinajstić information content (AvgIpc) is 3.54. The highest BCUT2D eigenvalue weighted by molar-refractivity contribution is 5.96. The maximum absolute atomic E-state index is 13.1. The Morgan fingerprint density at radius 1 is 0.964 bits per heavy atom. The molecule has 5 nitrogen and oxygen atoms in total. The van der Waals surface area contributed by atoms with Gasteiger partial charge in [-0.3, -0.25) is 4.79 Å². The molecular formula is C23H29NO4. The van der Waals surface area contributed by atoms with Crippen LogP contribution in [-0.2, 0) is 0 Å². The lowest BCUT2D eigenvalue weighted by Crippen LogP contribution is -2.30. The van der Waals surface area contributed by atoms with Gasteiger partial charge >= 0.3 is 0 Å². The molecule has 0 heterocycles. The molecule has 1 atom stereocenters. The van der Waals surface area contributed by atoms with Crippen molar-refractivity contribution in [1.82, 2.24) is 5.32 Å². The van der Waals surface area contributed by atoms with E-state index >= 15 is 0 Å². The first-order valence-electron chi connectivity index (χ1n) is 10.1. The van der Waals surface area contributed by atoms with E-state index in [9.17, 15) is 4.79 Å². The fraction of sp³-hybridized carbons (Fsp3) is 0.435. The monoisotopic (exact) mass is 383 g/mol. The predicted molar refractivity (Wildman–Crippen MR) is 109 cm³/mol. The fourth-order valence-corrected chi connectivity index (χ4v) is 3.31. The van der Waals surface area contributed by atoms with E-state index in [1.807, 2.05) is 39.0 Å². The first kappa shape index (κ1) is 20.1. The summed E-state index contributed by atoms with van der Waals surface area (Å²) in [6.45, 7) is 7.16. The molecule has 0 radical (unpaired) electrons. The summed E-state index contributed by atoms with van der Waals surface area (Å²) >= 11 is 0.